The second-order valence-electron chi connectivity index (χ2n) is 4.40. The van der Waals surface area contributed by atoms with Crippen LogP contribution >= 0.6 is 0 Å². The molecule has 0 aliphatic carbocycles. The number of sulfonamides is 1. The zero-order chi connectivity index (χ0) is 14.3. The third kappa shape index (κ3) is 4.94. The molecule has 0 aliphatic rings. The van der Waals surface area contributed by atoms with Gasteiger partial charge in [0, 0.05) is 31.5 Å². The van der Waals surface area contributed by atoms with Crippen molar-refractivity contribution in [2.24, 2.45) is 5.73 Å². The summed E-state index contributed by atoms with van der Waals surface area (Å²) in [7, 11) is -3.43. The summed E-state index contributed by atoms with van der Waals surface area (Å²) >= 11 is 0. The van der Waals surface area contributed by atoms with Crippen molar-refractivity contribution in [3.8, 4) is 0 Å². The lowest BCUT2D eigenvalue weighted by atomic mass is 10.4. The zero-order valence-corrected chi connectivity index (χ0v) is 12.5. The summed E-state index contributed by atoms with van der Waals surface area (Å²) in [6.07, 6.45) is 2.53. The average molecular weight is 288 g/mol. The summed E-state index contributed by atoms with van der Waals surface area (Å²) in [4.78, 5) is 5.29. The van der Waals surface area contributed by atoms with Crippen molar-refractivity contribution in [2.75, 3.05) is 26.2 Å². The summed E-state index contributed by atoms with van der Waals surface area (Å²) in [5.41, 5.74) is 6.15. The fourth-order valence-corrected chi connectivity index (χ4v) is 2.90. The molecule has 0 amide bonds. The molecule has 0 atom stereocenters. The highest BCUT2D eigenvalue weighted by atomic mass is 32.2. The van der Waals surface area contributed by atoms with Gasteiger partial charge >= 0.3 is 0 Å². The Morgan fingerprint density at radius 2 is 2.11 bits per heavy atom. The van der Waals surface area contributed by atoms with Gasteiger partial charge in [0.15, 0.2) is 0 Å². The standard InChI is InChI=1S/C12H24N4O2S/c1-3-6-16(4-2)7-5-15-19(17,18)12-8-11(9-13)14-10-12/h8,10,14-15H,3-7,9,13H2,1-2H3. The molecule has 0 saturated carbocycles. The predicted octanol–water partition coefficient (Wildman–Crippen LogP) is 0.484. The van der Waals surface area contributed by atoms with E-state index in [0.717, 1.165) is 26.1 Å². The predicted molar refractivity (Wildman–Crippen MR) is 76.3 cm³/mol. The third-order valence-electron chi connectivity index (χ3n) is 2.95. The SMILES string of the molecule is CCCN(CC)CCNS(=O)(=O)c1c[nH]c(CN)c1. The van der Waals surface area contributed by atoms with Crippen LogP contribution in [-0.4, -0.2) is 44.5 Å². The van der Waals surface area contributed by atoms with E-state index in [0.29, 0.717) is 18.8 Å². The van der Waals surface area contributed by atoms with Crippen molar-refractivity contribution in [3.05, 3.63) is 18.0 Å². The van der Waals surface area contributed by atoms with Crippen LogP contribution in [0.15, 0.2) is 17.2 Å². The van der Waals surface area contributed by atoms with Crippen LogP contribution < -0.4 is 10.5 Å². The molecule has 1 heterocycles. The van der Waals surface area contributed by atoms with E-state index in [1.54, 1.807) is 6.07 Å². The maximum absolute atomic E-state index is 12.0. The summed E-state index contributed by atoms with van der Waals surface area (Å²) in [6, 6.07) is 1.56. The number of nitrogens with two attached hydrogens (primary N) is 1. The van der Waals surface area contributed by atoms with Crippen LogP contribution in [0.1, 0.15) is 26.0 Å². The first kappa shape index (κ1) is 16.2. The van der Waals surface area contributed by atoms with Crippen molar-refractivity contribution >= 4 is 10.0 Å². The van der Waals surface area contributed by atoms with Crippen LogP contribution in [0.2, 0.25) is 0 Å². The minimum atomic E-state index is -3.43. The van der Waals surface area contributed by atoms with Gasteiger partial charge in [0.05, 0.1) is 4.90 Å². The second kappa shape index (κ2) is 7.64. The maximum atomic E-state index is 12.0. The van der Waals surface area contributed by atoms with Gasteiger partial charge in [-0.3, -0.25) is 0 Å². The summed E-state index contributed by atoms with van der Waals surface area (Å²) in [5, 5.41) is 0. The number of rotatable bonds is 9. The number of aromatic amines is 1. The molecule has 19 heavy (non-hydrogen) atoms. The minimum absolute atomic E-state index is 0.242. The van der Waals surface area contributed by atoms with E-state index in [-0.39, 0.29) is 4.90 Å². The number of likely N-dealkylation sites (N-methyl/N-ethyl adjacent to an activating group) is 1. The van der Waals surface area contributed by atoms with E-state index < -0.39 is 10.0 Å². The Hall–Kier alpha value is -0.890. The van der Waals surface area contributed by atoms with Gasteiger partial charge in [-0.15, -0.1) is 0 Å². The lowest BCUT2D eigenvalue weighted by Crippen LogP contribution is -2.35. The van der Waals surface area contributed by atoms with Gasteiger partial charge in [0.1, 0.15) is 0 Å². The Morgan fingerprint density at radius 3 is 2.63 bits per heavy atom. The largest absolute Gasteiger partial charge is 0.363 e. The molecule has 0 unspecified atom stereocenters. The highest BCUT2D eigenvalue weighted by Crippen LogP contribution is 2.09. The molecule has 110 valence electrons. The minimum Gasteiger partial charge on any atom is -0.363 e. The molecular weight excluding hydrogens is 264 g/mol. The Balaban J connectivity index is 2.51. The van der Waals surface area contributed by atoms with Crippen LogP contribution in [0.5, 0.6) is 0 Å². The molecule has 1 aromatic rings. The van der Waals surface area contributed by atoms with E-state index in [1.165, 1.54) is 6.20 Å². The van der Waals surface area contributed by atoms with E-state index >= 15 is 0 Å². The Morgan fingerprint density at radius 1 is 1.37 bits per heavy atom. The van der Waals surface area contributed by atoms with Crippen LogP contribution in [0.4, 0.5) is 0 Å². The highest BCUT2D eigenvalue weighted by Gasteiger charge is 2.15. The van der Waals surface area contributed by atoms with E-state index in [2.05, 4.69) is 28.5 Å². The monoisotopic (exact) mass is 288 g/mol. The van der Waals surface area contributed by atoms with E-state index in [9.17, 15) is 8.42 Å². The summed E-state index contributed by atoms with van der Waals surface area (Å²) in [6.45, 7) is 7.54. The molecule has 0 aromatic carbocycles. The average Bonchev–Trinajstić information content (AvgIpc) is 2.87. The van der Waals surface area contributed by atoms with Gasteiger partial charge in [0.2, 0.25) is 10.0 Å². The maximum Gasteiger partial charge on any atom is 0.242 e. The Bertz CT molecular complexity index is 470. The molecule has 6 nitrogen and oxygen atoms in total. The molecule has 0 spiro atoms. The third-order valence-corrected chi connectivity index (χ3v) is 4.39. The van der Waals surface area contributed by atoms with Crippen LogP contribution in [0, 0.1) is 0 Å². The molecule has 1 rings (SSSR count). The first-order valence-electron chi connectivity index (χ1n) is 6.62. The number of hydrogen-bond acceptors (Lipinski definition) is 4. The quantitative estimate of drug-likeness (QED) is 0.616. The fourth-order valence-electron chi connectivity index (χ4n) is 1.86. The molecule has 0 saturated heterocycles. The Labute approximate surface area is 115 Å². The summed E-state index contributed by atoms with van der Waals surface area (Å²) < 4.78 is 26.6. The fraction of sp³-hybridized carbons (Fsp3) is 0.667. The van der Waals surface area contributed by atoms with E-state index in [1.807, 2.05) is 0 Å². The second-order valence-corrected chi connectivity index (χ2v) is 6.16. The van der Waals surface area contributed by atoms with Crippen molar-refractivity contribution in [1.29, 1.82) is 0 Å². The highest BCUT2D eigenvalue weighted by molar-refractivity contribution is 7.89. The number of H-pyrrole nitrogens is 1. The van der Waals surface area contributed by atoms with Gasteiger partial charge in [-0.1, -0.05) is 13.8 Å². The van der Waals surface area contributed by atoms with Gasteiger partial charge in [0.25, 0.3) is 0 Å². The molecule has 4 N–H and O–H groups in total. The molecule has 1 aromatic heterocycles. The van der Waals surface area contributed by atoms with Crippen LogP contribution in [0.25, 0.3) is 0 Å². The Kier molecular flexibility index (Phi) is 6.50. The lowest BCUT2D eigenvalue weighted by molar-refractivity contribution is 0.293. The normalized spacial score (nSPS) is 12.2. The number of aromatic nitrogens is 1. The topological polar surface area (TPSA) is 91.2 Å². The molecular formula is C12H24N4O2S. The van der Waals surface area contributed by atoms with Gasteiger partial charge < -0.3 is 15.6 Å². The van der Waals surface area contributed by atoms with Crippen molar-refractivity contribution in [3.63, 3.8) is 0 Å². The molecule has 0 aliphatic heterocycles. The van der Waals surface area contributed by atoms with Crippen molar-refractivity contribution in [1.82, 2.24) is 14.6 Å². The molecule has 0 fully saturated rings. The first-order valence-corrected chi connectivity index (χ1v) is 8.11. The number of hydrogen-bond donors (Lipinski definition) is 3. The van der Waals surface area contributed by atoms with Crippen molar-refractivity contribution < 1.29 is 8.42 Å². The number of nitrogens with zero attached hydrogens (tertiary/aromatic N) is 1. The van der Waals surface area contributed by atoms with Crippen molar-refractivity contribution in [2.45, 2.75) is 31.7 Å². The zero-order valence-electron chi connectivity index (χ0n) is 11.6. The van der Waals surface area contributed by atoms with Crippen LogP contribution in [-0.2, 0) is 16.6 Å². The molecule has 0 bridgehead atoms. The van der Waals surface area contributed by atoms with Gasteiger partial charge in [-0.25, -0.2) is 13.1 Å². The van der Waals surface area contributed by atoms with E-state index in [4.69, 9.17) is 5.73 Å². The van der Waals surface area contributed by atoms with Crippen LogP contribution in [0.3, 0.4) is 0 Å². The van der Waals surface area contributed by atoms with Gasteiger partial charge in [-0.05, 0) is 25.6 Å². The molecule has 0 radical (unpaired) electrons. The first-order chi connectivity index (χ1) is 9.03. The molecule has 7 heteroatoms. The van der Waals surface area contributed by atoms with Gasteiger partial charge in [-0.2, -0.15) is 0 Å². The lowest BCUT2D eigenvalue weighted by Gasteiger charge is -2.19. The smallest absolute Gasteiger partial charge is 0.242 e. The summed E-state index contributed by atoms with van der Waals surface area (Å²) in [5.74, 6) is 0. The number of nitrogens with one attached hydrogen (secondary N) is 2.